The second-order valence-corrected chi connectivity index (χ2v) is 19.4. The van der Waals surface area contributed by atoms with Crippen LogP contribution in [0.4, 0.5) is 8.78 Å². The molecule has 55 heavy (non-hydrogen) atoms. The van der Waals surface area contributed by atoms with Crippen LogP contribution >= 0.6 is 0 Å². The maximum atomic E-state index is 16.9. The molecule has 1 unspecified atom stereocenters. The molecular weight excluding hydrogens is 710 g/mol. The van der Waals surface area contributed by atoms with Crippen molar-refractivity contribution in [3.8, 4) is 0 Å². The van der Waals surface area contributed by atoms with Crippen molar-refractivity contribution < 1.29 is 53.5 Å². The largest absolute Gasteiger partial charge is 0.390 e. The number of Topliss-reactive ketones (excluding diaryl/α,β-unsaturated/α-hetero) is 2. The fourth-order valence-electron chi connectivity index (χ4n) is 14.6. The molecule has 0 heterocycles. The van der Waals surface area contributed by atoms with Crippen molar-refractivity contribution in [2.24, 2.45) is 63.1 Å². The second kappa shape index (κ2) is 12.9. The van der Waals surface area contributed by atoms with Crippen LogP contribution in [0.3, 0.4) is 0 Å². The highest BCUT2D eigenvalue weighted by atomic mass is 19.1. The summed E-state index contributed by atoms with van der Waals surface area (Å²) in [6.07, 6.45) is 9.97. The van der Waals surface area contributed by atoms with Crippen LogP contribution in [-0.4, -0.2) is 91.0 Å². The molecule has 0 aliphatic heterocycles. The van der Waals surface area contributed by atoms with Crippen molar-refractivity contribution in [1.29, 1.82) is 0 Å². The zero-order chi connectivity index (χ0) is 40.5. The summed E-state index contributed by atoms with van der Waals surface area (Å²) >= 11 is 0. The number of carbonyl (C=O) groups excluding carboxylic acids is 4. The van der Waals surface area contributed by atoms with Gasteiger partial charge in [-0.3, -0.25) is 19.2 Å². The van der Waals surface area contributed by atoms with Crippen LogP contribution in [0, 0.1) is 63.1 Å². The summed E-state index contributed by atoms with van der Waals surface area (Å²) in [4.78, 5) is 48.7. The molecule has 0 saturated heterocycles. The number of alkyl halides is 2. The van der Waals surface area contributed by atoms with E-state index in [9.17, 15) is 44.7 Å². The zero-order valence-corrected chi connectivity index (χ0v) is 32.9. The summed E-state index contributed by atoms with van der Waals surface area (Å²) in [7, 11) is 0. The standard InChI is InChI=1S/C22H29FO5.C22H29FO4/c1-12-8-16-15-5-4-13-9-14(25)6-7-19(13,2)21(15,23)17(26)10-20(16,3)22(12,28)18(27)11-24;1-12-8-16-15-5-4-13-9-14(25)6-7-21(13,3)22(15,23)18(27)10-20(16,2)19(12)17(26)11-24/h6-7,9,12,15-17,24,26,28H,4-5,8,10-11H2,1-3H3;6-7,9,12,15-16,18-19,24,27H,4-5,8,10-11H2,1-3H3/t12-,15+,16+,17+,19+,20+,21+,22+;12-,15+,16+,18?,19-,20+,21+,22+/m11/s1. The fraction of sp³-hybridized carbons (Fsp3) is 0.727. The molecule has 6 fully saturated rings. The summed E-state index contributed by atoms with van der Waals surface area (Å²) in [6.45, 7) is 9.77. The first-order valence-electron chi connectivity index (χ1n) is 20.2. The lowest BCUT2D eigenvalue weighted by Gasteiger charge is -2.62. The van der Waals surface area contributed by atoms with Gasteiger partial charge in [-0.1, -0.05) is 51.0 Å². The summed E-state index contributed by atoms with van der Waals surface area (Å²) in [5.74, 6) is -3.12. The van der Waals surface area contributed by atoms with E-state index >= 15 is 8.78 Å². The lowest BCUT2D eigenvalue weighted by molar-refractivity contribution is -0.219. The smallest absolute Gasteiger partial charge is 0.190 e. The molecular formula is C44H58F2O9. The van der Waals surface area contributed by atoms with Gasteiger partial charge in [-0.25, -0.2) is 8.78 Å². The molecule has 0 amide bonds. The zero-order valence-electron chi connectivity index (χ0n) is 32.9. The van der Waals surface area contributed by atoms with Gasteiger partial charge < -0.3 is 25.5 Å². The quantitative estimate of drug-likeness (QED) is 0.273. The Kier molecular flexibility index (Phi) is 9.50. The van der Waals surface area contributed by atoms with E-state index in [1.807, 2.05) is 13.8 Å². The second-order valence-electron chi connectivity index (χ2n) is 19.4. The summed E-state index contributed by atoms with van der Waals surface area (Å²) in [6, 6.07) is 0. The minimum Gasteiger partial charge on any atom is -0.390 e. The van der Waals surface area contributed by atoms with Gasteiger partial charge in [-0.05, 0) is 119 Å². The molecule has 0 aromatic carbocycles. The van der Waals surface area contributed by atoms with E-state index in [2.05, 4.69) is 0 Å². The molecule has 8 rings (SSSR count). The normalized spacial score (nSPS) is 51.9. The lowest BCUT2D eigenvalue weighted by Crippen LogP contribution is -2.69. The van der Waals surface area contributed by atoms with Gasteiger partial charge in [0.25, 0.3) is 0 Å². The van der Waals surface area contributed by atoms with Crippen molar-refractivity contribution >= 4 is 23.1 Å². The molecule has 9 nitrogen and oxygen atoms in total. The molecule has 8 aliphatic rings. The molecule has 16 atom stereocenters. The predicted molar refractivity (Wildman–Crippen MR) is 198 cm³/mol. The Morgan fingerprint density at radius 1 is 0.745 bits per heavy atom. The van der Waals surface area contributed by atoms with Gasteiger partial charge in [0, 0.05) is 34.0 Å². The molecule has 6 saturated carbocycles. The molecule has 0 radical (unpaired) electrons. The van der Waals surface area contributed by atoms with E-state index in [0.29, 0.717) is 37.7 Å². The Balaban J connectivity index is 0.000000169. The number of aliphatic hydroxyl groups excluding tert-OH is 4. The maximum Gasteiger partial charge on any atom is 0.190 e. The number of fused-ring (bicyclic) bond motifs is 10. The van der Waals surface area contributed by atoms with Crippen LogP contribution in [0.1, 0.15) is 92.9 Å². The van der Waals surface area contributed by atoms with Gasteiger partial charge in [0.2, 0.25) is 0 Å². The minimum absolute atomic E-state index is 0.0224. The molecule has 0 bridgehead atoms. The molecule has 0 aromatic heterocycles. The SMILES string of the molecule is C[C@@H]1C[C@H]2[C@@H]3CCC4=CC(=O)C=C[C@]4(C)[C@@]3(F)C(O)C[C@]2(C)[C@H]1C(=O)CO.C[C@@H]1C[C@H]2[C@@H]3CCC4=CC(=O)C=C[C@]4(C)[C@@]3(F)[C@@H](O)C[C@]2(C)[C@@]1(O)C(=O)CO. The predicted octanol–water partition coefficient (Wildman–Crippen LogP) is 4.68. The lowest BCUT2D eigenvalue weighted by atomic mass is 9.44. The van der Waals surface area contributed by atoms with Gasteiger partial charge in [0.1, 0.15) is 18.8 Å². The number of halogens is 2. The first-order chi connectivity index (χ1) is 25.6. The maximum absolute atomic E-state index is 16.9. The van der Waals surface area contributed by atoms with Crippen molar-refractivity contribution in [3.05, 3.63) is 47.6 Å². The van der Waals surface area contributed by atoms with Crippen molar-refractivity contribution in [3.63, 3.8) is 0 Å². The average molecular weight is 769 g/mol. The van der Waals surface area contributed by atoms with Crippen LogP contribution in [0.25, 0.3) is 0 Å². The highest BCUT2D eigenvalue weighted by Crippen LogP contribution is 2.72. The fourth-order valence-corrected chi connectivity index (χ4v) is 14.6. The van der Waals surface area contributed by atoms with E-state index in [4.69, 9.17) is 0 Å². The highest BCUT2D eigenvalue weighted by molar-refractivity contribution is 6.02. The van der Waals surface area contributed by atoms with Gasteiger partial charge in [-0.2, -0.15) is 0 Å². The molecule has 0 aromatic rings. The van der Waals surface area contributed by atoms with E-state index in [0.717, 1.165) is 12.0 Å². The number of hydrogen-bond donors (Lipinski definition) is 5. The van der Waals surface area contributed by atoms with Gasteiger partial charge >= 0.3 is 0 Å². The Morgan fingerprint density at radius 2 is 1.24 bits per heavy atom. The van der Waals surface area contributed by atoms with E-state index in [1.165, 1.54) is 24.3 Å². The molecule has 5 N–H and O–H groups in total. The van der Waals surface area contributed by atoms with Crippen molar-refractivity contribution in [2.75, 3.05) is 13.2 Å². The third kappa shape index (κ3) is 4.98. The molecule has 8 aliphatic carbocycles. The Bertz CT molecular complexity index is 1820. The third-order valence-electron chi connectivity index (χ3n) is 17.3. The van der Waals surface area contributed by atoms with Crippen LogP contribution in [-0.2, 0) is 19.2 Å². The van der Waals surface area contributed by atoms with Crippen LogP contribution in [0.15, 0.2) is 47.6 Å². The van der Waals surface area contributed by atoms with Crippen LogP contribution in [0.2, 0.25) is 0 Å². The summed E-state index contributed by atoms with van der Waals surface area (Å²) in [5, 5.41) is 52.5. The average Bonchev–Trinajstić information content (AvgIpc) is 3.51. The van der Waals surface area contributed by atoms with Gasteiger partial charge in [-0.15, -0.1) is 0 Å². The van der Waals surface area contributed by atoms with Crippen LogP contribution < -0.4 is 0 Å². The van der Waals surface area contributed by atoms with Crippen molar-refractivity contribution in [2.45, 2.75) is 122 Å². The van der Waals surface area contributed by atoms with Crippen molar-refractivity contribution in [1.82, 2.24) is 0 Å². The molecule has 0 spiro atoms. The van der Waals surface area contributed by atoms with Gasteiger partial charge in [0.15, 0.2) is 34.5 Å². The Labute approximate surface area is 322 Å². The van der Waals surface area contributed by atoms with Gasteiger partial charge in [0.05, 0.1) is 12.2 Å². The molecule has 302 valence electrons. The topological polar surface area (TPSA) is 169 Å². The number of carbonyl (C=O) groups is 4. The van der Waals surface area contributed by atoms with E-state index in [1.54, 1.807) is 39.8 Å². The Hall–Kier alpha value is -2.70. The number of allylic oxidation sites excluding steroid dienone is 8. The number of rotatable bonds is 4. The summed E-state index contributed by atoms with van der Waals surface area (Å²) in [5.41, 5.74) is -7.75. The Morgan fingerprint density at radius 3 is 1.73 bits per heavy atom. The van der Waals surface area contributed by atoms with E-state index in [-0.39, 0.29) is 59.8 Å². The monoisotopic (exact) mass is 768 g/mol. The summed E-state index contributed by atoms with van der Waals surface area (Å²) < 4.78 is 33.7. The third-order valence-corrected chi connectivity index (χ3v) is 17.3. The number of ketones is 4. The molecule has 11 heteroatoms. The first kappa shape index (κ1) is 40.5. The minimum atomic E-state index is -1.98. The van der Waals surface area contributed by atoms with Crippen LogP contribution in [0.5, 0.6) is 0 Å². The van der Waals surface area contributed by atoms with E-state index < -0.39 is 81.6 Å². The number of aliphatic hydroxyl groups is 5. The highest BCUT2D eigenvalue weighted by Gasteiger charge is 2.76. The first-order valence-corrected chi connectivity index (χ1v) is 20.2. The number of hydrogen-bond acceptors (Lipinski definition) is 9.